The maximum Gasteiger partial charge on any atom is 0.344 e. The number of nitrogens with zero attached hydrogens (tertiary/aromatic N) is 1. The molecule has 0 bridgehead atoms. The molecule has 0 saturated heterocycles. The second-order valence-electron chi connectivity index (χ2n) is 6.73. The van der Waals surface area contributed by atoms with Crippen molar-refractivity contribution in [3.8, 4) is 0 Å². The van der Waals surface area contributed by atoms with E-state index < -0.39 is 11.6 Å². The highest BCUT2D eigenvalue weighted by Gasteiger charge is 2.20. The molecule has 6 nitrogen and oxygen atoms in total. The molecule has 0 aliphatic rings. The fourth-order valence-electron chi connectivity index (χ4n) is 3.12. The van der Waals surface area contributed by atoms with Crippen LogP contribution in [0, 0.1) is 20.8 Å². The van der Waals surface area contributed by atoms with Crippen LogP contribution in [-0.2, 0) is 11.3 Å². The van der Waals surface area contributed by atoms with E-state index in [-0.39, 0.29) is 6.61 Å². The fourth-order valence-corrected chi connectivity index (χ4v) is 3.12. The first kappa shape index (κ1) is 17.9. The van der Waals surface area contributed by atoms with Crippen LogP contribution >= 0.6 is 0 Å². The van der Waals surface area contributed by atoms with Crippen LogP contribution in [0.15, 0.2) is 31.9 Å². The predicted molar refractivity (Wildman–Crippen MR) is 96.4 cm³/mol. The number of carbonyl (C=O) groups excluding carboxylic acids is 1. The van der Waals surface area contributed by atoms with E-state index in [9.17, 15) is 9.59 Å². The molecule has 1 aromatic carbocycles. The highest BCUT2D eigenvalue weighted by atomic mass is 16.5. The van der Waals surface area contributed by atoms with Gasteiger partial charge in [0.05, 0.1) is 5.69 Å². The Morgan fingerprint density at radius 3 is 2.54 bits per heavy atom. The monoisotopic (exact) mass is 355 g/mol. The maximum atomic E-state index is 12.3. The van der Waals surface area contributed by atoms with Gasteiger partial charge < -0.3 is 13.7 Å². The number of rotatable bonds is 4. The summed E-state index contributed by atoms with van der Waals surface area (Å²) in [5, 5.41) is 4.53. The van der Waals surface area contributed by atoms with Crippen molar-refractivity contribution >= 4 is 16.9 Å². The number of hydrogen-bond donors (Lipinski definition) is 0. The van der Waals surface area contributed by atoms with Crippen LogP contribution in [0.3, 0.4) is 0 Å². The van der Waals surface area contributed by atoms with E-state index in [1.54, 1.807) is 13.8 Å². The number of aryl methyl sites for hydroxylation is 3. The Morgan fingerprint density at radius 2 is 1.92 bits per heavy atom. The SMILES string of the molecule is Cc1cc2oc(=O)cc(COC(=O)c3c(C)noc3C)c2cc1C(C)C. The third-order valence-corrected chi connectivity index (χ3v) is 4.44. The van der Waals surface area contributed by atoms with Gasteiger partial charge in [0.1, 0.15) is 23.5 Å². The molecule has 0 atom stereocenters. The number of aromatic nitrogens is 1. The molecule has 0 spiro atoms. The molecule has 0 radical (unpaired) electrons. The van der Waals surface area contributed by atoms with Gasteiger partial charge in [0.25, 0.3) is 0 Å². The number of hydrogen-bond acceptors (Lipinski definition) is 6. The topological polar surface area (TPSA) is 82.5 Å². The highest BCUT2D eigenvalue weighted by Crippen LogP contribution is 2.27. The molecule has 0 fully saturated rings. The van der Waals surface area contributed by atoms with Crippen LogP contribution in [0.2, 0.25) is 0 Å². The summed E-state index contributed by atoms with van der Waals surface area (Å²) in [5.74, 6) is 0.200. The zero-order valence-corrected chi connectivity index (χ0v) is 15.5. The van der Waals surface area contributed by atoms with Gasteiger partial charge in [-0.3, -0.25) is 0 Å². The number of fused-ring (bicyclic) bond motifs is 1. The molecule has 3 rings (SSSR count). The Bertz CT molecular complexity index is 1020. The second-order valence-corrected chi connectivity index (χ2v) is 6.73. The molecule has 0 aliphatic heterocycles. The van der Waals surface area contributed by atoms with Crippen molar-refractivity contribution in [2.24, 2.45) is 0 Å². The lowest BCUT2D eigenvalue weighted by Gasteiger charge is -2.13. The van der Waals surface area contributed by atoms with E-state index in [1.807, 2.05) is 19.1 Å². The third-order valence-electron chi connectivity index (χ3n) is 4.44. The van der Waals surface area contributed by atoms with E-state index in [0.717, 1.165) is 16.5 Å². The molecule has 0 aliphatic carbocycles. The molecule has 26 heavy (non-hydrogen) atoms. The van der Waals surface area contributed by atoms with Gasteiger partial charge in [0.2, 0.25) is 0 Å². The van der Waals surface area contributed by atoms with Crippen LogP contribution in [0.1, 0.15) is 58.3 Å². The fraction of sp³-hybridized carbons (Fsp3) is 0.350. The summed E-state index contributed by atoms with van der Waals surface area (Å²) in [6.45, 7) is 9.48. The van der Waals surface area contributed by atoms with Crippen molar-refractivity contribution in [1.29, 1.82) is 0 Å². The quantitative estimate of drug-likeness (QED) is 0.515. The van der Waals surface area contributed by atoms with Crippen molar-refractivity contribution in [1.82, 2.24) is 5.16 Å². The normalized spacial score (nSPS) is 11.3. The number of esters is 1. The molecule has 136 valence electrons. The van der Waals surface area contributed by atoms with Gasteiger partial charge in [0, 0.05) is 17.0 Å². The lowest BCUT2D eigenvalue weighted by atomic mass is 9.95. The van der Waals surface area contributed by atoms with Crippen molar-refractivity contribution in [2.75, 3.05) is 0 Å². The third kappa shape index (κ3) is 3.27. The number of ether oxygens (including phenoxy) is 1. The van der Waals surface area contributed by atoms with Gasteiger partial charge in [-0.1, -0.05) is 19.0 Å². The molecule has 0 unspecified atom stereocenters. The van der Waals surface area contributed by atoms with E-state index >= 15 is 0 Å². The van der Waals surface area contributed by atoms with E-state index in [2.05, 4.69) is 19.0 Å². The molecule has 0 saturated carbocycles. The first-order valence-electron chi connectivity index (χ1n) is 8.45. The zero-order chi connectivity index (χ0) is 19.0. The lowest BCUT2D eigenvalue weighted by molar-refractivity contribution is 0.0471. The van der Waals surface area contributed by atoms with Crippen molar-refractivity contribution in [3.63, 3.8) is 0 Å². The molecule has 3 aromatic rings. The Hall–Kier alpha value is -2.89. The molecular weight excluding hydrogens is 334 g/mol. The predicted octanol–water partition coefficient (Wildman–Crippen LogP) is 4.19. The average molecular weight is 355 g/mol. The lowest BCUT2D eigenvalue weighted by Crippen LogP contribution is -2.09. The summed E-state index contributed by atoms with van der Waals surface area (Å²) in [5.41, 5.74) is 3.63. The summed E-state index contributed by atoms with van der Waals surface area (Å²) in [7, 11) is 0. The standard InChI is InChI=1S/C20H21NO5/c1-10(2)15-8-16-14(7-18(22)25-17(16)6-11(15)3)9-24-20(23)19-12(4)21-26-13(19)5/h6-8,10H,9H2,1-5H3. The van der Waals surface area contributed by atoms with Crippen molar-refractivity contribution in [3.05, 3.63) is 62.3 Å². The van der Waals surface area contributed by atoms with Crippen LogP contribution in [0.4, 0.5) is 0 Å². The molecule has 2 heterocycles. The Morgan fingerprint density at radius 1 is 1.19 bits per heavy atom. The van der Waals surface area contributed by atoms with Gasteiger partial charge in [-0.25, -0.2) is 9.59 Å². The summed E-state index contributed by atoms with van der Waals surface area (Å²) < 4.78 is 15.7. The summed E-state index contributed by atoms with van der Waals surface area (Å²) in [6.07, 6.45) is 0. The van der Waals surface area contributed by atoms with Gasteiger partial charge in [-0.2, -0.15) is 0 Å². The van der Waals surface area contributed by atoms with Crippen LogP contribution in [0.25, 0.3) is 11.0 Å². The Balaban J connectivity index is 1.98. The second kappa shape index (κ2) is 6.78. The largest absolute Gasteiger partial charge is 0.457 e. The number of benzene rings is 1. The minimum absolute atomic E-state index is 0.0361. The van der Waals surface area contributed by atoms with Crippen molar-refractivity contribution in [2.45, 2.75) is 47.1 Å². The van der Waals surface area contributed by atoms with E-state index in [1.165, 1.54) is 6.07 Å². The Kier molecular flexibility index (Phi) is 4.68. The van der Waals surface area contributed by atoms with E-state index in [0.29, 0.717) is 34.1 Å². The van der Waals surface area contributed by atoms with E-state index in [4.69, 9.17) is 13.7 Å². The minimum Gasteiger partial charge on any atom is -0.457 e. The van der Waals surface area contributed by atoms with Crippen molar-refractivity contribution < 1.29 is 18.5 Å². The van der Waals surface area contributed by atoms with Crippen LogP contribution in [0.5, 0.6) is 0 Å². The average Bonchev–Trinajstić information content (AvgIpc) is 2.90. The van der Waals surface area contributed by atoms with Gasteiger partial charge >= 0.3 is 11.6 Å². The highest BCUT2D eigenvalue weighted by molar-refractivity contribution is 5.91. The first-order chi connectivity index (χ1) is 12.3. The molecular formula is C20H21NO5. The zero-order valence-electron chi connectivity index (χ0n) is 15.5. The van der Waals surface area contributed by atoms with Crippen LogP contribution < -0.4 is 5.63 Å². The molecule has 0 amide bonds. The molecule has 0 N–H and O–H groups in total. The van der Waals surface area contributed by atoms with Gasteiger partial charge in [-0.05, 0) is 49.9 Å². The molecule has 2 aromatic heterocycles. The minimum atomic E-state index is -0.529. The maximum absolute atomic E-state index is 12.3. The summed E-state index contributed by atoms with van der Waals surface area (Å²) >= 11 is 0. The van der Waals surface area contributed by atoms with Gasteiger partial charge in [-0.15, -0.1) is 0 Å². The Labute approximate surface area is 150 Å². The van der Waals surface area contributed by atoms with Gasteiger partial charge in [0.15, 0.2) is 0 Å². The van der Waals surface area contributed by atoms with Crippen LogP contribution in [-0.4, -0.2) is 11.1 Å². The summed E-state index contributed by atoms with van der Waals surface area (Å²) in [6, 6.07) is 5.21. The summed E-state index contributed by atoms with van der Waals surface area (Å²) in [4.78, 5) is 24.2. The smallest absolute Gasteiger partial charge is 0.344 e. The first-order valence-corrected chi connectivity index (χ1v) is 8.45. The molecule has 6 heteroatoms. The number of carbonyl (C=O) groups is 1.